The molecule has 6 heteroatoms. The van der Waals surface area contributed by atoms with Crippen LogP contribution >= 0.6 is 0 Å². The zero-order valence-electron chi connectivity index (χ0n) is 11.8. The number of hydrogen-bond acceptors (Lipinski definition) is 4. The van der Waals surface area contributed by atoms with Gasteiger partial charge in [-0.15, -0.1) is 0 Å². The smallest absolute Gasteiger partial charge is 0.261 e. The average molecular weight is 294 g/mol. The number of carbonyl (C=O) groups excluding carboxylic acids is 1. The molecule has 2 aromatic heterocycles. The molecule has 3 rings (SSSR count). The van der Waals surface area contributed by atoms with E-state index in [-0.39, 0.29) is 18.0 Å². The normalized spacial score (nSPS) is 10.5. The van der Waals surface area contributed by atoms with Gasteiger partial charge in [-0.2, -0.15) is 0 Å². The summed E-state index contributed by atoms with van der Waals surface area (Å²) >= 11 is 0. The first-order valence-corrected chi connectivity index (χ1v) is 6.85. The van der Waals surface area contributed by atoms with Gasteiger partial charge >= 0.3 is 0 Å². The van der Waals surface area contributed by atoms with Crippen LogP contribution in [0.25, 0.3) is 10.9 Å². The van der Waals surface area contributed by atoms with Crippen molar-refractivity contribution in [3.05, 3.63) is 71.0 Å². The molecule has 0 aliphatic heterocycles. The molecule has 1 N–H and O–H groups in total. The number of nitrogens with zero attached hydrogens (tertiary/aromatic N) is 3. The molecule has 2 heterocycles. The number of fused-ring (bicyclic) bond motifs is 1. The number of benzene rings is 1. The van der Waals surface area contributed by atoms with Crippen molar-refractivity contribution < 1.29 is 4.79 Å². The summed E-state index contributed by atoms with van der Waals surface area (Å²) in [6.07, 6.45) is 3.06. The van der Waals surface area contributed by atoms with Gasteiger partial charge in [-0.05, 0) is 24.3 Å². The summed E-state index contributed by atoms with van der Waals surface area (Å²) in [5.74, 6) is -0.259. The van der Waals surface area contributed by atoms with E-state index in [2.05, 4.69) is 15.3 Å². The van der Waals surface area contributed by atoms with Crippen LogP contribution in [0.1, 0.15) is 5.69 Å². The Morgan fingerprint density at radius 2 is 1.91 bits per heavy atom. The number of rotatable bonds is 4. The molecule has 0 fully saturated rings. The van der Waals surface area contributed by atoms with Crippen molar-refractivity contribution >= 4 is 16.8 Å². The Morgan fingerprint density at radius 1 is 1.09 bits per heavy atom. The summed E-state index contributed by atoms with van der Waals surface area (Å²) in [6, 6.07) is 12.5. The maximum absolute atomic E-state index is 12.3. The third-order valence-corrected chi connectivity index (χ3v) is 3.24. The third kappa shape index (κ3) is 3.01. The summed E-state index contributed by atoms with van der Waals surface area (Å²) in [5.41, 5.74) is 1.16. The van der Waals surface area contributed by atoms with Crippen molar-refractivity contribution in [2.45, 2.75) is 13.1 Å². The molecule has 110 valence electrons. The minimum atomic E-state index is -0.259. The zero-order valence-corrected chi connectivity index (χ0v) is 11.8. The molecule has 0 atom stereocenters. The maximum Gasteiger partial charge on any atom is 0.261 e. The molecule has 0 unspecified atom stereocenters. The fourth-order valence-corrected chi connectivity index (χ4v) is 2.12. The largest absolute Gasteiger partial charge is 0.349 e. The van der Waals surface area contributed by atoms with Gasteiger partial charge in [-0.25, -0.2) is 4.98 Å². The van der Waals surface area contributed by atoms with Gasteiger partial charge in [0.25, 0.3) is 5.56 Å². The topological polar surface area (TPSA) is 76.9 Å². The van der Waals surface area contributed by atoms with Crippen molar-refractivity contribution in [1.82, 2.24) is 19.9 Å². The quantitative estimate of drug-likeness (QED) is 0.782. The highest BCUT2D eigenvalue weighted by Crippen LogP contribution is 2.04. The lowest BCUT2D eigenvalue weighted by atomic mass is 10.2. The molecule has 22 heavy (non-hydrogen) atoms. The van der Waals surface area contributed by atoms with Crippen LogP contribution in [0.3, 0.4) is 0 Å². The Balaban J connectivity index is 1.72. The van der Waals surface area contributed by atoms with E-state index in [0.717, 1.165) is 5.69 Å². The summed E-state index contributed by atoms with van der Waals surface area (Å²) in [6.45, 7) is 0.263. The van der Waals surface area contributed by atoms with E-state index in [9.17, 15) is 9.59 Å². The first kappa shape index (κ1) is 13.9. The summed E-state index contributed by atoms with van der Waals surface area (Å²) in [4.78, 5) is 32.5. The molecule has 0 saturated heterocycles. The molecular formula is C16H14N4O2. The number of para-hydroxylation sites is 1. The minimum absolute atomic E-state index is 0.0660. The number of aromatic nitrogens is 3. The molecule has 0 aliphatic carbocycles. The highest BCUT2D eigenvalue weighted by Gasteiger charge is 2.07. The minimum Gasteiger partial charge on any atom is -0.349 e. The van der Waals surface area contributed by atoms with Gasteiger partial charge in [-0.3, -0.25) is 19.1 Å². The van der Waals surface area contributed by atoms with Crippen LogP contribution in [-0.2, 0) is 17.9 Å². The molecule has 0 aliphatic rings. The van der Waals surface area contributed by atoms with E-state index >= 15 is 0 Å². The Kier molecular flexibility index (Phi) is 3.91. The van der Waals surface area contributed by atoms with Gasteiger partial charge < -0.3 is 5.32 Å². The molecule has 1 amide bonds. The van der Waals surface area contributed by atoms with Crippen molar-refractivity contribution in [2.24, 2.45) is 0 Å². The van der Waals surface area contributed by atoms with Crippen LogP contribution in [-0.4, -0.2) is 20.4 Å². The van der Waals surface area contributed by atoms with Crippen LogP contribution in [0, 0.1) is 0 Å². The predicted octanol–water partition coefficient (Wildman–Crippen LogP) is 1.11. The Morgan fingerprint density at radius 3 is 2.73 bits per heavy atom. The van der Waals surface area contributed by atoms with Crippen LogP contribution < -0.4 is 10.9 Å². The predicted molar refractivity (Wildman–Crippen MR) is 82.1 cm³/mol. The molecule has 0 radical (unpaired) electrons. The molecule has 6 nitrogen and oxygen atoms in total. The second-order valence-electron chi connectivity index (χ2n) is 4.79. The number of amides is 1. The van der Waals surface area contributed by atoms with E-state index < -0.39 is 0 Å². The monoisotopic (exact) mass is 294 g/mol. The lowest BCUT2D eigenvalue weighted by molar-refractivity contribution is -0.121. The highest BCUT2D eigenvalue weighted by molar-refractivity contribution is 5.78. The Labute approximate surface area is 126 Å². The first-order chi connectivity index (χ1) is 10.7. The zero-order chi connectivity index (χ0) is 15.4. The molecule has 0 saturated carbocycles. The van der Waals surface area contributed by atoms with E-state index in [0.29, 0.717) is 17.4 Å². The number of hydrogen-bond donors (Lipinski definition) is 1. The van der Waals surface area contributed by atoms with Crippen LogP contribution in [0.4, 0.5) is 0 Å². The molecule has 3 aromatic rings. The van der Waals surface area contributed by atoms with E-state index in [4.69, 9.17) is 0 Å². The van der Waals surface area contributed by atoms with Crippen molar-refractivity contribution in [3.8, 4) is 0 Å². The van der Waals surface area contributed by atoms with Crippen LogP contribution in [0.5, 0.6) is 0 Å². The molecule has 1 aromatic carbocycles. The number of pyridine rings is 1. The van der Waals surface area contributed by atoms with Crippen molar-refractivity contribution in [2.75, 3.05) is 0 Å². The van der Waals surface area contributed by atoms with E-state index in [1.54, 1.807) is 24.4 Å². The van der Waals surface area contributed by atoms with E-state index in [1.165, 1.54) is 10.9 Å². The Bertz CT molecular complexity index is 859. The fraction of sp³-hybridized carbons (Fsp3) is 0.125. The second-order valence-corrected chi connectivity index (χ2v) is 4.79. The van der Waals surface area contributed by atoms with Gasteiger partial charge in [0.1, 0.15) is 6.54 Å². The molecular weight excluding hydrogens is 280 g/mol. The van der Waals surface area contributed by atoms with E-state index in [1.807, 2.05) is 24.3 Å². The maximum atomic E-state index is 12.3. The van der Waals surface area contributed by atoms with Gasteiger partial charge in [0.15, 0.2) is 0 Å². The average Bonchev–Trinajstić information content (AvgIpc) is 2.57. The van der Waals surface area contributed by atoms with Gasteiger partial charge in [0, 0.05) is 6.20 Å². The highest BCUT2D eigenvalue weighted by atomic mass is 16.2. The number of nitrogens with one attached hydrogen (secondary N) is 1. The van der Waals surface area contributed by atoms with Gasteiger partial charge in [0.05, 0.1) is 29.5 Å². The fourth-order valence-electron chi connectivity index (χ4n) is 2.12. The lowest BCUT2D eigenvalue weighted by Gasteiger charge is -2.07. The summed E-state index contributed by atoms with van der Waals surface area (Å²) in [7, 11) is 0. The summed E-state index contributed by atoms with van der Waals surface area (Å²) in [5, 5.41) is 3.24. The van der Waals surface area contributed by atoms with Crippen LogP contribution in [0.15, 0.2) is 59.8 Å². The summed E-state index contributed by atoms with van der Waals surface area (Å²) < 4.78 is 1.30. The first-order valence-electron chi connectivity index (χ1n) is 6.85. The SMILES string of the molecule is O=C(Cn1cnc2ccccc2c1=O)NCc1ccccn1. The third-order valence-electron chi connectivity index (χ3n) is 3.24. The standard InChI is InChI=1S/C16H14N4O2/c21-15(18-9-12-5-3-4-8-17-12)10-20-11-19-14-7-2-1-6-13(14)16(20)22/h1-8,11H,9-10H2,(H,18,21). The van der Waals surface area contributed by atoms with Crippen molar-refractivity contribution in [3.63, 3.8) is 0 Å². The van der Waals surface area contributed by atoms with Crippen molar-refractivity contribution in [1.29, 1.82) is 0 Å². The molecule has 0 spiro atoms. The Hall–Kier alpha value is -3.02. The van der Waals surface area contributed by atoms with Gasteiger partial charge in [0.2, 0.25) is 5.91 Å². The number of carbonyl (C=O) groups is 1. The van der Waals surface area contributed by atoms with Crippen LogP contribution in [0.2, 0.25) is 0 Å². The van der Waals surface area contributed by atoms with Gasteiger partial charge in [-0.1, -0.05) is 18.2 Å². The lowest BCUT2D eigenvalue weighted by Crippen LogP contribution is -2.32. The second kappa shape index (κ2) is 6.17. The molecule has 0 bridgehead atoms.